The van der Waals surface area contributed by atoms with E-state index in [1.54, 1.807) is 0 Å². The molecule has 96 valence electrons. The number of rotatable bonds is 4. The van der Waals surface area contributed by atoms with E-state index in [0.717, 1.165) is 0 Å². The van der Waals surface area contributed by atoms with Crippen LogP contribution in [-0.2, 0) is 19.0 Å². The minimum absolute atomic E-state index is 0.104. The summed E-state index contributed by atoms with van der Waals surface area (Å²) in [6, 6.07) is 0. The minimum Gasteiger partial charge on any atom is -0.259 e. The Morgan fingerprint density at radius 3 is 2.24 bits per heavy atom. The van der Waals surface area contributed by atoms with Gasteiger partial charge in [0.25, 0.3) is 0 Å². The number of halogens is 4. The van der Waals surface area contributed by atoms with Crippen LogP contribution in [0.5, 0.6) is 0 Å². The van der Waals surface area contributed by atoms with Crippen molar-refractivity contribution in [3.05, 3.63) is 28.0 Å². The van der Waals surface area contributed by atoms with Gasteiger partial charge in [0, 0.05) is 6.20 Å². The highest BCUT2D eigenvalue weighted by Gasteiger charge is 2.37. The molecular weight excluding hydrogens is 251 g/mol. The smallest absolute Gasteiger partial charge is 0.259 e. The molecule has 0 bridgehead atoms. The molecule has 1 aromatic rings. The van der Waals surface area contributed by atoms with Crippen molar-refractivity contribution >= 4 is 11.6 Å². The van der Waals surface area contributed by atoms with Crippen LogP contribution < -0.4 is 0 Å². The predicted octanol–water partition coefficient (Wildman–Crippen LogP) is 4.66. The van der Waals surface area contributed by atoms with Crippen molar-refractivity contribution < 1.29 is 13.2 Å². The van der Waals surface area contributed by atoms with Crippen molar-refractivity contribution in [2.45, 2.75) is 45.7 Å². The number of alkyl halides is 3. The highest BCUT2D eigenvalue weighted by atomic mass is 35.5. The third-order valence-corrected chi connectivity index (χ3v) is 2.81. The normalized spacial score (nSPS) is 11.9. The zero-order valence-corrected chi connectivity index (χ0v) is 10.6. The van der Waals surface area contributed by atoms with Gasteiger partial charge in [0.15, 0.2) is 0 Å². The lowest BCUT2D eigenvalue weighted by Crippen LogP contribution is -2.15. The Kier molecular flexibility index (Phi) is 4.80. The second kappa shape index (κ2) is 5.71. The predicted molar refractivity (Wildman–Crippen MR) is 62.2 cm³/mol. The molecule has 1 heterocycles. The van der Waals surface area contributed by atoms with E-state index >= 15 is 0 Å². The summed E-state index contributed by atoms with van der Waals surface area (Å²) >= 11 is 5.82. The van der Waals surface area contributed by atoms with Gasteiger partial charge in [-0.2, -0.15) is 13.2 Å². The summed E-state index contributed by atoms with van der Waals surface area (Å²) in [5.74, 6) is 0. The summed E-state index contributed by atoms with van der Waals surface area (Å²) in [7, 11) is 0. The van der Waals surface area contributed by atoms with Crippen LogP contribution >= 0.6 is 11.6 Å². The molecule has 0 radical (unpaired) electrons. The van der Waals surface area contributed by atoms with Gasteiger partial charge in [-0.15, -0.1) is 0 Å². The maximum atomic E-state index is 13.0. The zero-order chi connectivity index (χ0) is 13.1. The van der Waals surface area contributed by atoms with Crippen LogP contribution in [0.3, 0.4) is 0 Å². The molecule has 0 aliphatic rings. The van der Waals surface area contributed by atoms with Crippen LogP contribution in [0.4, 0.5) is 13.2 Å². The van der Waals surface area contributed by atoms with Crippen LogP contribution in [0, 0.1) is 0 Å². The van der Waals surface area contributed by atoms with Gasteiger partial charge in [0.05, 0.1) is 16.3 Å². The Balaban J connectivity index is 3.39. The van der Waals surface area contributed by atoms with Gasteiger partial charge in [0.2, 0.25) is 0 Å². The number of aromatic nitrogens is 1. The summed E-state index contributed by atoms with van der Waals surface area (Å²) in [4.78, 5) is 3.83. The van der Waals surface area contributed by atoms with Crippen LogP contribution in [0.1, 0.15) is 43.5 Å². The molecule has 17 heavy (non-hydrogen) atoms. The van der Waals surface area contributed by atoms with Gasteiger partial charge < -0.3 is 0 Å². The standard InChI is InChI=1S/C12H15ClF3N/c1-3-5-8-9(13)7-17-10(6-4-2)11(8)12(14,15)16/h7H,3-6H2,1-2H3. The molecule has 0 aromatic carbocycles. The van der Waals surface area contributed by atoms with Gasteiger partial charge in [-0.05, 0) is 18.4 Å². The number of aryl methyl sites for hydroxylation is 1. The second-order valence-electron chi connectivity index (χ2n) is 3.90. The molecule has 1 rings (SSSR count). The molecule has 0 atom stereocenters. The zero-order valence-electron chi connectivity index (χ0n) is 9.86. The molecule has 0 saturated carbocycles. The third kappa shape index (κ3) is 3.35. The fraction of sp³-hybridized carbons (Fsp3) is 0.583. The largest absolute Gasteiger partial charge is 0.418 e. The van der Waals surface area contributed by atoms with Crippen LogP contribution in [0.25, 0.3) is 0 Å². The molecule has 0 aliphatic heterocycles. The minimum atomic E-state index is -4.38. The van der Waals surface area contributed by atoms with Gasteiger partial charge in [-0.3, -0.25) is 4.98 Å². The van der Waals surface area contributed by atoms with Gasteiger partial charge in [-0.25, -0.2) is 0 Å². The number of hydrogen-bond donors (Lipinski definition) is 0. The van der Waals surface area contributed by atoms with E-state index in [4.69, 9.17) is 11.6 Å². The van der Waals surface area contributed by atoms with Crippen molar-refractivity contribution in [3.63, 3.8) is 0 Å². The first kappa shape index (κ1) is 14.3. The average Bonchev–Trinajstić information content (AvgIpc) is 2.22. The van der Waals surface area contributed by atoms with Crippen LogP contribution in [0.2, 0.25) is 5.02 Å². The molecule has 0 saturated heterocycles. The highest BCUT2D eigenvalue weighted by molar-refractivity contribution is 6.31. The average molecular weight is 266 g/mol. The van der Waals surface area contributed by atoms with Crippen molar-refractivity contribution in [2.24, 2.45) is 0 Å². The molecule has 0 fully saturated rings. The Morgan fingerprint density at radius 1 is 1.18 bits per heavy atom. The molecule has 0 aliphatic carbocycles. The monoisotopic (exact) mass is 265 g/mol. The first-order valence-corrected chi connectivity index (χ1v) is 6.03. The molecule has 0 N–H and O–H groups in total. The first-order valence-electron chi connectivity index (χ1n) is 5.65. The van der Waals surface area contributed by atoms with Gasteiger partial charge in [0.1, 0.15) is 0 Å². The SMILES string of the molecule is CCCc1ncc(Cl)c(CCC)c1C(F)(F)F. The molecule has 0 spiro atoms. The van der Waals surface area contributed by atoms with E-state index in [9.17, 15) is 13.2 Å². The molecular formula is C12H15ClF3N. The fourth-order valence-corrected chi connectivity index (χ4v) is 2.06. The van der Waals surface area contributed by atoms with E-state index in [1.165, 1.54) is 6.20 Å². The quantitative estimate of drug-likeness (QED) is 0.772. The summed E-state index contributed by atoms with van der Waals surface area (Å²) in [5.41, 5.74) is -0.346. The number of nitrogens with zero attached hydrogens (tertiary/aromatic N) is 1. The van der Waals surface area contributed by atoms with Crippen LogP contribution in [0.15, 0.2) is 6.20 Å². The summed E-state index contributed by atoms with van der Waals surface area (Å²) < 4.78 is 39.1. The molecule has 0 amide bonds. The molecule has 1 nitrogen and oxygen atoms in total. The Morgan fingerprint density at radius 2 is 1.76 bits per heavy atom. The lowest BCUT2D eigenvalue weighted by molar-refractivity contribution is -0.139. The highest BCUT2D eigenvalue weighted by Crippen LogP contribution is 2.37. The topological polar surface area (TPSA) is 12.9 Å². The van der Waals surface area contributed by atoms with Crippen molar-refractivity contribution in [1.29, 1.82) is 0 Å². The summed E-state index contributed by atoms with van der Waals surface area (Å²) in [6.45, 7) is 3.66. The van der Waals surface area contributed by atoms with E-state index in [0.29, 0.717) is 25.7 Å². The second-order valence-corrected chi connectivity index (χ2v) is 4.31. The Labute approximate surface area is 104 Å². The first-order chi connectivity index (χ1) is 7.91. The number of hydrogen-bond acceptors (Lipinski definition) is 1. The van der Waals surface area contributed by atoms with Crippen molar-refractivity contribution in [3.8, 4) is 0 Å². The Hall–Kier alpha value is -0.770. The lowest BCUT2D eigenvalue weighted by atomic mass is 9.99. The lowest BCUT2D eigenvalue weighted by Gasteiger charge is -2.17. The van der Waals surface area contributed by atoms with Crippen molar-refractivity contribution in [1.82, 2.24) is 4.98 Å². The Bertz CT molecular complexity index is 388. The number of pyridine rings is 1. The van der Waals surface area contributed by atoms with E-state index < -0.39 is 11.7 Å². The third-order valence-electron chi connectivity index (χ3n) is 2.48. The van der Waals surface area contributed by atoms with Gasteiger partial charge >= 0.3 is 6.18 Å². The van der Waals surface area contributed by atoms with Gasteiger partial charge in [-0.1, -0.05) is 38.3 Å². The van der Waals surface area contributed by atoms with Crippen molar-refractivity contribution in [2.75, 3.05) is 0 Å². The van der Waals surface area contributed by atoms with E-state index in [2.05, 4.69) is 4.98 Å². The summed E-state index contributed by atoms with van der Waals surface area (Å²) in [5, 5.41) is 0.110. The molecule has 5 heteroatoms. The van der Waals surface area contributed by atoms with Crippen LogP contribution in [-0.4, -0.2) is 4.98 Å². The molecule has 1 aromatic heterocycles. The summed E-state index contributed by atoms with van der Waals surface area (Å²) in [6.07, 6.45) is -1.16. The molecule has 0 unspecified atom stereocenters. The van der Waals surface area contributed by atoms with E-state index in [-0.39, 0.29) is 16.3 Å². The maximum Gasteiger partial charge on any atom is 0.418 e. The van der Waals surface area contributed by atoms with E-state index in [1.807, 2.05) is 13.8 Å². The maximum absolute atomic E-state index is 13.0. The fourth-order valence-electron chi connectivity index (χ4n) is 1.83.